The van der Waals surface area contributed by atoms with Gasteiger partial charge in [-0.1, -0.05) is 16.8 Å². The van der Waals surface area contributed by atoms with E-state index in [-0.39, 0.29) is 29.8 Å². The summed E-state index contributed by atoms with van der Waals surface area (Å²) in [4.78, 5) is 0. The minimum Gasteiger partial charge on any atom is -0.410 e. The Bertz CT molecular complexity index is 498. The topological polar surface area (TPSA) is 130 Å². The molecule has 0 atom stereocenters. The lowest BCUT2D eigenvalue weighted by Crippen LogP contribution is -2.27. The first-order valence-corrected chi connectivity index (χ1v) is 6.60. The van der Waals surface area contributed by atoms with Gasteiger partial charge in [0.25, 0.3) is 0 Å². The molecule has 0 unspecified atom stereocenters. The maximum absolute atomic E-state index is 10.8. The predicted molar refractivity (Wildman–Crippen MR) is 59.8 cm³/mol. The van der Waals surface area contributed by atoms with Crippen LogP contribution in [0.4, 0.5) is 5.82 Å². The fourth-order valence-corrected chi connectivity index (χ4v) is 1.50. The Kier molecular flexibility index (Phi) is 4.66. The first-order chi connectivity index (χ1) is 7.94. The van der Waals surface area contributed by atoms with Crippen molar-refractivity contribution in [2.45, 2.75) is 0 Å². The van der Waals surface area contributed by atoms with Crippen molar-refractivity contribution >= 4 is 32.6 Å². The van der Waals surface area contributed by atoms with E-state index >= 15 is 0 Å². The number of aromatic nitrogens is 2. The molecular formula is C6H10ClN5O4S. The van der Waals surface area contributed by atoms with Gasteiger partial charge in [0.1, 0.15) is 0 Å². The molecule has 96 valence electrons. The highest BCUT2D eigenvalue weighted by Crippen LogP contribution is 2.12. The van der Waals surface area contributed by atoms with Crippen LogP contribution < -0.4 is 10.0 Å². The highest BCUT2D eigenvalue weighted by Gasteiger charge is 2.14. The highest BCUT2D eigenvalue weighted by molar-refractivity contribution is 7.88. The molecule has 0 radical (unpaired) electrons. The van der Waals surface area contributed by atoms with E-state index < -0.39 is 10.0 Å². The molecule has 0 aliphatic rings. The monoisotopic (exact) mass is 283 g/mol. The molecule has 0 aliphatic carbocycles. The van der Waals surface area contributed by atoms with Gasteiger partial charge in [0.05, 0.1) is 6.26 Å². The highest BCUT2D eigenvalue weighted by atomic mass is 35.5. The van der Waals surface area contributed by atoms with Gasteiger partial charge in [0.2, 0.25) is 21.0 Å². The van der Waals surface area contributed by atoms with Gasteiger partial charge in [0.15, 0.2) is 5.69 Å². The fourth-order valence-electron chi connectivity index (χ4n) is 0.905. The van der Waals surface area contributed by atoms with Crippen molar-refractivity contribution in [1.82, 2.24) is 15.0 Å². The number of oxime groups is 1. The SMILES string of the molecule is CS(=O)(=O)NCCNc1nonc1C(Cl)=NO. The Balaban J connectivity index is 2.50. The van der Waals surface area contributed by atoms with Crippen molar-refractivity contribution in [1.29, 1.82) is 0 Å². The van der Waals surface area contributed by atoms with Gasteiger partial charge < -0.3 is 10.5 Å². The van der Waals surface area contributed by atoms with Crippen LogP contribution in [-0.2, 0) is 10.0 Å². The number of nitrogens with one attached hydrogen (secondary N) is 2. The molecule has 0 aromatic carbocycles. The molecule has 0 bridgehead atoms. The van der Waals surface area contributed by atoms with Crippen molar-refractivity contribution in [2.75, 3.05) is 24.7 Å². The van der Waals surface area contributed by atoms with E-state index in [4.69, 9.17) is 16.8 Å². The number of rotatable bonds is 6. The lowest BCUT2D eigenvalue weighted by Gasteiger charge is -2.03. The Hall–Kier alpha value is -1.39. The standard InChI is InChI=1S/C6H10ClN5O4S/c1-17(14,15)9-3-2-8-6-4(5(7)10-13)11-16-12-6/h9,13H,2-3H2,1H3,(H,8,12). The number of nitrogens with zero attached hydrogens (tertiary/aromatic N) is 3. The van der Waals surface area contributed by atoms with Gasteiger partial charge in [-0.05, 0) is 10.3 Å². The summed E-state index contributed by atoms with van der Waals surface area (Å²) in [6.45, 7) is 0.392. The van der Waals surface area contributed by atoms with E-state index in [2.05, 4.69) is 30.1 Å². The number of halogens is 1. The third kappa shape index (κ3) is 4.54. The van der Waals surface area contributed by atoms with Gasteiger partial charge >= 0.3 is 0 Å². The average molecular weight is 284 g/mol. The molecule has 0 fully saturated rings. The Morgan fingerprint density at radius 1 is 1.53 bits per heavy atom. The molecule has 1 rings (SSSR count). The summed E-state index contributed by atoms with van der Waals surface area (Å²) in [7, 11) is -3.24. The van der Waals surface area contributed by atoms with E-state index in [9.17, 15) is 8.42 Å². The van der Waals surface area contributed by atoms with Crippen LogP contribution in [0.25, 0.3) is 0 Å². The lowest BCUT2D eigenvalue weighted by molar-refractivity contribution is 0.305. The summed E-state index contributed by atoms with van der Waals surface area (Å²) >= 11 is 5.51. The van der Waals surface area contributed by atoms with Crippen molar-refractivity contribution in [3.8, 4) is 0 Å². The van der Waals surface area contributed by atoms with Gasteiger partial charge in [0, 0.05) is 13.1 Å². The molecule has 3 N–H and O–H groups in total. The Labute approximate surface area is 102 Å². The second-order valence-electron chi connectivity index (χ2n) is 2.95. The van der Waals surface area contributed by atoms with Gasteiger partial charge in [-0.15, -0.1) is 0 Å². The predicted octanol–water partition coefficient (Wildman–Crippen LogP) is -0.595. The molecular weight excluding hydrogens is 274 g/mol. The summed E-state index contributed by atoms with van der Waals surface area (Å²) in [6.07, 6.45) is 1.05. The largest absolute Gasteiger partial charge is 0.410 e. The van der Waals surface area contributed by atoms with Crippen LogP contribution in [0.2, 0.25) is 0 Å². The first kappa shape index (κ1) is 13.7. The summed E-state index contributed by atoms with van der Waals surface area (Å²) in [6, 6.07) is 0. The molecule has 17 heavy (non-hydrogen) atoms. The first-order valence-electron chi connectivity index (χ1n) is 4.33. The van der Waals surface area contributed by atoms with E-state index in [1.54, 1.807) is 0 Å². The van der Waals surface area contributed by atoms with E-state index in [0.717, 1.165) is 6.26 Å². The lowest BCUT2D eigenvalue weighted by atomic mass is 10.4. The Morgan fingerprint density at radius 2 is 2.24 bits per heavy atom. The molecule has 0 saturated heterocycles. The molecule has 11 heteroatoms. The molecule has 0 saturated carbocycles. The third-order valence-electron chi connectivity index (χ3n) is 1.55. The maximum Gasteiger partial charge on any atom is 0.208 e. The molecule has 9 nitrogen and oxygen atoms in total. The number of anilines is 1. The quantitative estimate of drug-likeness (QED) is 0.275. The fraction of sp³-hybridized carbons (Fsp3) is 0.500. The van der Waals surface area contributed by atoms with Crippen LogP contribution in [0.1, 0.15) is 5.69 Å². The van der Waals surface area contributed by atoms with Crippen LogP contribution in [0.15, 0.2) is 9.78 Å². The zero-order valence-corrected chi connectivity index (χ0v) is 10.3. The molecule has 0 amide bonds. The minimum atomic E-state index is -3.24. The van der Waals surface area contributed by atoms with Crippen molar-refractivity contribution in [3.63, 3.8) is 0 Å². The number of sulfonamides is 1. The molecule has 1 aromatic rings. The average Bonchev–Trinajstić information content (AvgIpc) is 2.70. The molecule has 0 aliphatic heterocycles. The van der Waals surface area contributed by atoms with Crippen molar-refractivity contribution in [3.05, 3.63) is 5.69 Å². The number of hydrogen-bond acceptors (Lipinski definition) is 8. The van der Waals surface area contributed by atoms with E-state index in [0.29, 0.717) is 0 Å². The minimum absolute atomic E-state index is 0.0357. The third-order valence-corrected chi connectivity index (χ3v) is 2.54. The van der Waals surface area contributed by atoms with Crippen molar-refractivity contribution in [2.24, 2.45) is 5.16 Å². The second kappa shape index (κ2) is 5.80. The zero-order valence-electron chi connectivity index (χ0n) is 8.71. The summed E-state index contributed by atoms with van der Waals surface area (Å²) in [5.74, 6) is 0.156. The van der Waals surface area contributed by atoms with Crippen LogP contribution in [0, 0.1) is 0 Å². The van der Waals surface area contributed by atoms with Gasteiger partial charge in [-0.3, -0.25) is 0 Å². The summed E-state index contributed by atoms with van der Waals surface area (Å²) < 4.78 is 28.2. The van der Waals surface area contributed by atoms with Crippen LogP contribution in [-0.4, -0.2) is 48.5 Å². The zero-order chi connectivity index (χ0) is 12.9. The van der Waals surface area contributed by atoms with Gasteiger partial charge in [-0.25, -0.2) is 17.8 Å². The second-order valence-corrected chi connectivity index (χ2v) is 5.14. The van der Waals surface area contributed by atoms with Gasteiger partial charge in [-0.2, -0.15) is 0 Å². The summed E-state index contributed by atoms with van der Waals surface area (Å²) in [5, 5.41) is 20.5. The van der Waals surface area contributed by atoms with E-state index in [1.165, 1.54) is 0 Å². The Morgan fingerprint density at radius 3 is 2.82 bits per heavy atom. The smallest absolute Gasteiger partial charge is 0.208 e. The molecule has 0 spiro atoms. The molecule has 1 aromatic heterocycles. The number of hydrogen-bond donors (Lipinski definition) is 3. The van der Waals surface area contributed by atoms with Crippen LogP contribution in [0.5, 0.6) is 0 Å². The van der Waals surface area contributed by atoms with Crippen molar-refractivity contribution < 1.29 is 18.3 Å². The summed E-state index contributed by atoms with van der Waals surface area (Å²) in [5.41, 5.74) is 0.0357. The van der Waals surface area contributed by atoms with Crippen LogP contribution in [0.3, 0.4) is 0 Å². The maximum atomic E-state index is 10.8. The van der Waals surface area contributed by atoms with Crippen LogP contribution >= 0.6 is 11.6 Å². The molecule has 1 heterocycles. The van der Waals surface area contributed by atoms with E-state index in [1.807, 2.05) is 0 Å². The normalized spacial score (nSPS) is 12.7.